The normalized spacial score (nSPS) is 11.1. The zero-order valence-electron chi connectivity index (χ0n) is 11.4. The van der Waals surface area contributed by atoms with Gasteiger partial charge in [-0.1, -0.05) is 0 Å². The summed E-state index contributed by atoms with van der Waals surface area (Å²) in [6.07, 6.45) is 0.670. The highest BCUT2D eigenvalue weighted by Crippen LogP contribution is 2.14. The van der Waals surface area contributed by atoms with Crippen LogP contribution in [-0.2, 0) is 9.47 Å². The number of anilines is 1. The fourth-order valence-corrected chi connectivity index (χ4v) is 1.35. The van der Waals surface area contributed by atoms with Gasteiger partial charge in [-0.25, -0.2) is 4.79 Å². The second-order valence-electron chi connectivity index (χ2n) is 4.68. The summed E-state index contributed by atoms with van der Waals surface area (Å²) in [6, 6.07) is 7.18. The van der Waals surface area contributed by atoms with Crippen LogP contribution in [0.3, 0.4) is 0 Å². The molecule has 1 aromatic rings. The number of carbonyl (C=O) groups is 1. The van der Waals surface area contributed by atoms with Gasteiger partial charge in [0.25, 0.3) is 0 Å². The molecule has 0 amide bonds. The summed E-state index contributed by atoms with van der Waals surface area (Å²) in [5, 5.41) is 3.00. The van der Waals surface area contributed by atoms with Crippen molar-refractivity contribution in [1.29, 1.82) is 0 Å². The molecule has 1 N–H and O–H groups in total. The molecule has 1 aromatic carbocycles. The first-order valence-electron chi connectivity index (χ1n) is 5.98. The van der Waals surface area contributed by atoms with Crippen molar-refractivity contribution >= 4 is 11.7 Å². The summed E-state index contributed by atoms with van der Waals surface area (Å²) >= 11 is 0. The number of rotatable bonds is 6. The van der Waals surface area contributed by atoms with Crippen LogP contribution in [0, 0.1) is 0 Å². The summed E-state index contributed by atoms with van der Waals surface area (Å²) in [6.45, 7) is 4.28. The average Bonchev–Trinajstić information content (AvgIpc) is 2.38. The van der Waals surface area contributed by atoms with Gasteiger partial charge in [0.1, 0.15) is 0 Å². The molecule has 0 radical (unpaired) electrons. The van der Waals surface area contributed by atoms with Crippen LogP contribution < -0.4 is 5.32 Å². The van der Waals surface area contributed by atoms with Gasteiger partial charge >= 0.3 is 5.97 Å². The molecule has 0 aliphatic heterocycles. The van der Waals surface area contributed by atoms with Crippen LogP contribution in [0.15, 0.2) is 24.3 Å². The van der Waals surface area contributed by atoms with E-state index in [1.54, 1.807) is 19.2 Å². The van der Waals surface area contributed by atoms with Gasteiger partial charge in [-0.05, 0) is 38.1 Å². The third-order valence-corrected chi connectivity index (χ3v) is 2.90. The fourth-order valence-electron chi connectivity index (χ4n) is 1.35. The number of benzene rings is 1. The lowest BCUT2D eigenvalue weighted by Crippen LogP contribution is -2.25. The number of carbonyl (C=O) groups excluding carboxylic acids is 1. The fraction of sp³-hybridized carbons (Fsp3) is 0.500. The van der Waals surface area contributed by atoms with E-state index in [0.717, 1.165) is 5.69 Å². The lowest BCUT2D eigenvalue weighted by molar-refractivity contribution is -0.00563. The Morgan fingerprint density at radius 1 is 1.28 bits per heavy atom. The van der Waals surface area contributed by atoms with Gasteiger partial charge in [-0.15, -0.1) is 0 Å². The molecular formula is C14H21NO3. The summed E-state index contributed by atoms with van der Waals surface area (Å²) in [5.41, 5.74) is 1.26. The van der Waals surface area contributed by atoms with Crippen molar-refractivity contribution in [2.75, 3.05) is 26.1 Å². The first-order valence-corrected chi connectivity index (χ1v) is 5.98. The monoisotopic (exact) mass is 251 g/mol. The van der Waals surface area contributed by atoms with E-state index in [1.807, 2.05) is 33.0 Å². The third kappa shape index (κ3) is 4.37. The van der Waals surface area contributed by atoms with E-state index in [4.69, 9.17) is 9.47 Å². The van der Waals surface area contributed by atoms with Crippen molar-refractivity contribution in [2.24, 2.45) is 0 Å². The third-order valence-electron chi connectivity index (χ3n) is 2.90. The molecule has 0 aromatic heterocycles. The van der Waals surface area contributed by atoms with E-state index in [-0.39, 0.29) is 11.6 Å². The maximum Gasteiger partial charge on any atom is 0.338 e. The molecule has 0 fully saturated rings. The van der Waals surface area contributed by atoms with Gasteiger partial charge < -0.3 is 14.8 Å². The molecule has 4 heteroatoms. The van der Waals surface area contributed by atoms with Crippen LogP contribution in [0.25, 0.3) is 0 Å². The molecule has 0 unspecified atom stereocenters. The molecule has 100 valence electrons. The van der Waals surface area contributed by atoms with Crippen LogP contribution in [0.1, 0.15) is 30.6 Å². The Labute approximate surface area is 108 Å². The summed E-state index contributed by atoms with van der Waals surface area (Å²) < 4.78 is 10.5. The van der Waals surface area contributed by atoms with E-state index < -0.39 is 0 Å². The van der Waals surface area contributed by atoms with E-state index in [0.29, 0.717) is 18.6 Å². The van der Waals surface area contributed by atoms with E-state index in [9.17, 15) is 4.79 Å². The van der Waals surface area contributed by atoms with Crippen LogP contribution in [0.2, 0.25) is 0 Å². The number of hydrogen-bond donors (Lipinski definition) is 1. The van der Waals surface area contributed by atoms with Crippen molar-refractivity contribution in [3.05, 3.63) is 29.8 Å². The van der Waals surface area contributed by atoms with Gasteiger partial charge in [-0.2, -0.15) is 0 Å². The van der Waals surface area contributed by atoms with Crippen LogP contribution in [-0.4, -0.2) is 32.3 Å². The molecule has 0 bridgehead atoms. The number of nitrogens with one attached hydrogen (secondary N) is 1. The molecule has 0 saturated carbocycles. The minimum atomic E-state index is -0.301. The molecule has 0 aliphatic rings. The predicted octanol–water partition coefficient (Wildman–Crippen LogP) is 2.70. The second-order valence-corrected chi connectivity index (χ2v) is 4.68. The maximum absolute atomic E-state index is 11.7. The lowest BCUT2D eigenvalue weighted by Gasteiger charge is -2.22. The highest BCUT2D eigenvalue weighted by Gasteiger charge is 2.17. The molecule has 18 heavy (non-hydrogen) atoms. The smallest absolute Gasteiger partial charge is 0.338 e. The molecule has 0 saturated heterocycles. The van der Waals surface area contributed by atoms with Gasteiger partial charge in [0.05, 0.1) is 17.8 Å². The number of esters is 1. The van der Waals surface area contributed by atoms with Crippen molar-refractivity contribution in [3.8, 4) is 0 Å². The van der Waals surface area contributed by atoms with Crippen LogP contribution in [0.5, 0.6) is 0 Å². The molecule has 0 atom stereocenters. The van der Waals surface area contributed by atoms with Crippen molar-refractivity contribution < 1.29 is 14.3 Å². The highest BCUT2D eigenvalue weighted by molar-refractivity contribution is 5.89. The number of methoxy groups -OCH3 is 1. The van der Waals surface area contributed by atoms with Crippen molar-refractivity contribution in [3.63, 3.8) is 0 Å². The number of ether oxygens (including phenoxy) is 2. The van der Waals surface area contributed by atoms with E-state index in [1.165, 1.54) is 0 Å². The maximum atomic E-state index is 11.7. The van der Waals surface area contributed by atoms with Gasteiger partial charge in [0.2, 0.25) is 0 Å². The van der Waals surface area contributed by atoms with Gasteiger partial charge in [0.15, 0.2) is 0 Å². The molecule has 1 rings (SSSR count). The second kappa shape index (κ2) is 6.40. The highest BCUT2D eigenvalue weighted by atomic mass is 16.5. The van der Waals surface area contributed by atoms with E-state index in [2.05, 4.69) is 5.32 Å². The van der Waals surface area contributed by atoms with Crippen molar-refractivity contribution in [2.45, 2.75) is 25.9 Å². The Hall–Kier alpha value is -1.55. The Bertz CT molecular complexity index is 385. The molecular weight excluding hydrogens is 230 g/mol. The SMILES string of the molecule is CNc1ccc(C(=O)OCCC(C)(C)OC)cc1. The molecule has 0 aliphatic carbocycles. The predicted molar refractivity (Wildman–Crippen MR) is 72.0 cm³/mol. The molecule has 4 nitrogen and oxygen atoms in total. The van der Waals surface area contributed by atoms with Crippen molar-refractivity contribution in [1.82, 2.24) is 0 Å². The largest absolute Gasteiger partial charge is 0.462 e. The standard InChI is InChI=1S/C14H21NO3/c1-14(2,17-4)9-10-18-13(16)11-5-7-12(15-3)8-6-11/h5-8,15H,9-10H2,1-4H3. The molecule has 0 heterocycles. The van der Waals surface area contributed by atoms with E-state index >= 15 is 0 Å². The zero-order chi connectivity index (χ0) is 13.6. The minimum Gasteiger partial charge on any atom is -0.462 e. The van der Waals surface area contributed by atoms with Gasteiger partial charge in [0, 0.05) is 26.3 Å². The topological polar surface area (TPSA) is 47.6 Å². The van der Waals surface area contributed by atoms with Gasteiger partial charge in [-0.3, -0.25) is 0 Å². The lowest BCUT2D eigenvalue weighted by atomic mass is 10.1. The Balaban J connectivity index is 2.45. The summed E-state index contributed by atoms with van der Waals surface area (Å²) in [7, 11) is 3.48. The first kappa shape index (κ1) is 14.5. The minimum absolute atomic E-state index is 0.268. The van der Waals surface area contributed by atoms with Crippen LogP contribution in [0.4, 0.5) is 5.69 Å². The van der Waals surface area contributed by atoms with Crippen LogP contribution >= 0.6 is 0 Å². The Morgan fingerprint density at radius 2 is 1.89 bits per heavy atom. The summed E-state index contributed by atoms with van der Waals surface area (Å²) in [5.74, 6) is -0.301. The number of hydrogen-bond acceptors (Lipinski definition) is 4. The summed E-state index contributed by atoms with van der Waals surface area (Å²) in [4.78, 5) is 11.7. The first-order chi connectivity index (χ1) is 8.48. The molecule has 0 spiro atoms. The Kier molecular flexibility index (Phi) is 5.16. The quantitative estimate of drug-likeness (QED) is 0.790. The Morgan fingerprint density at radius 3 is 2.39 bits per heavy atom. The zero-order valence-corrected chi connectivity index (χ0v) is 11.4. The average molecular weight is 251 g/mol.